The van der Waals surface area contributed by atoms with Crippen LogP contribution in [0.4, 0.5) is 0 Å². The van der Waals surface area contributed by atoms with Crippen LogP contribution in [0.2, 0.25) is 0 Å². The van der Waals surface area contributed by atoms with Gasteiger partial charge < -0.3 is 48.8 Å². The van der Waals surface area contributed by atoms with Gasteiger partial charge in [-0.3, -0.25) is 14.4 Å². The summed E-state index contributed by atoms with van der Waals surface area (Å²) >= 11 is 1.85. The minimum atomic E-state index is -2.51. The fourth-order valence-electron chi connectivity index (χ4n) is 10.0. The van der Waals surface area contributed by atoms with Gasteiger partial charge in [-0.25, -0.2) is 4.79 Å². The Hall–Kier alpha value is -2.21. The van der Waals surface area contributed by atoms with Gasteiger partial charge >= 0.3 is 5.97 Å². The lowest BCUT2D eigenvalue weighted by atomic mass is 9.81. The molecule has 2 bridgehead atoms. The minimum Gasteiger partial charge on any atom is -0.456 e. The number of thioether (sulfide) groups is 1. The van der Waals surface area contributed by atoms with Crippen LogP contribution in [0.3, 0.4) is 0 Å². The van der Waals surface area contributed by atoms with Crippen molar-refractivity contribution >= 4 is 35.2 Å². The fourth-order valence-corrected chi connectivity index (χ4v) is 11.1. The van der Waals surface area contributed by atoms with Gasteiger partial charge in [-0.05, 0) is 122 Å². The third-order valence-corrected chi connectivity index (χ3v) is 15.0. The van der Waals surface area contributed by atoms with Crippen LogP contribution in [-0.2, 0) is 42.9 Å². The summed E-state index contributed by atoms with van der Waals surface area (Å²) in [5.74, 6) is -5.64. The molecule has 3 heterocycles. The van der Waals surface area contributed by atoms with E-state index >= 15 is 0 Å². The number of piperidine rings is 1. The second kappa shape index (κ2) is 25.1. The van der Waals surface area contributed by atoms with E-state index in [0.717, 1.165) is 30.0 Å². The van der Waals surface area contributed by atoms with E-state index in [1.165, 1.54) is 4.90 Å². The molecule has 3 N–H and O–H groups in total. The number of carbonyl (C=O) groups excluding carboxylic acids is 4. The molecule has 14 atom stereocenters. The smallest absolute Gasteiger partial charge is 0.329 e. The number of ether oxygens (including phenoxy) is 5. The van der Waals surface area contributed by atoms with Gasteiger partial charge in [0.15, 0.2) is 0 Å². The summed E-state index contributed by atoms with van der Waals surface area (Å²) in [6.45, 7) is 10.4. The normalized spacial score (nSPS) is 38.4. The Balaban J connectivity index is 1.76. The van der Waals surface area contributed by atoms with Gasteiger partial charge in [-0.15, -0.1) is 0 Å². The molecule has 2 saturated heterocycles. The highest BCUT2D eigenvalue weighted by Crippen LogP contribution is 2.39. The summed E-state index contributed by atoms with van der Waals surface area (Å²) in [5.41, 5.74) is 1.68. The third kappa shape index (κ3) is 14.4. The highest BCUT2D eigenvalue weighted by atomic mass is 32.2. The first-order chi connectivity index (χ1) is 29.8. The van der Waals surface area contributed by atoms with Crippen molar-refractivity contribution in [1.29, 1.82) is 0 Å². The molecule has 1 aliphatic carbocycles. The number of carbonyl (C=O) groups is 4. The molecule has 0 aromatic heterocycles. The van der Waals surface area contributed by atoms with Crippen molar-refractivity contribution in [2.45, 2.75) is 166 Å². The number of ketones is 2. The quantitative estimate of drug-likeness (QED) is 0.101. The van der Waals surface area contributed by atoms with E-state index in [9.17, 15) is 34.5 Å². The molecule has 3 fully saturated rings. The predicted octanol–water partition coefficient (Wildman–Crippen LogP) is 5.14. The largest absolute Gasteiger partial charge is 0.456 e. The summed E-state index contributed by atoms with van der Waals surface area (Å²) in [6.07, 6.45) is 4.61. The van der Waals surface area contributed by atoms with Crippen molar-refractivity contribution in [3.8, 4) is 0 Å². The number of Topliss-reactive ketones (excluding diaryl/α,β-unsaturated/α-hetero) is 2. The van der Waals surface area contributed by atoms with Crippen LogP contribution in [0.1, 0.15) is 112 Å². The van der Waals surface area contributed by atoms with Crippen LogP contribution in [0.5, 0.6) is 0 Å². The minimum absolute atomic E-state index is 0.00788. The monoisotopic (exact) mass is 909 g/mol. The molecule has 0 spiro atoms. The van der Waals surface area contributed by atoms with Crippen molar-refractivity contribution in [3.63, 3.8) is 0 Å². The Morgan fingerprint density at radius 1 is 0.921 bits per heavy atom. The van der Waals surface area contributed by atoms with E-state index in [1.54, 1.807) is 35.2 Å². The predicted molar refractivity (Wildman–Crippen MR) is 243 cm³/mol. The standard InChI is InChI=1S/C48H80N2O12S/c1-29-22-30(2)24-41(59-9)44-42(60-10)26-32(4)48(57,62-44)45(54)46(55)50-18-12-11-15-36(50)47(56)61-43(31(3)25-34-16-17-37(51)40(27-34)58-8)33(5)38(52)28-39(53)35(23-29)14-13-20-63-21-19-49(6)7/h23,25,30,32-38,40-44,51-52,57H,11-22,24,26-28H2,1-10H3/b29-23+,31-25+/t30-,32+,33+,34-,35+,36-,37+,38-,40+,41-,42-,43+,44+,48+/m0/s1. The maximum absolute atomic E-state index is 14.5. The SMILES string of the molecule is CO[C@H]1C[C@@H](C)C/C(C)=C/[C@@H](CCCSCCN(C)C)C(=O)C[C@H](O)[C@@H](C)[C@@H](/C(C)=C/[C@@H]2CC[C@@H](O)[C@H](OC)C2)OC(=O)[C@@H]2CCCCN2C(=O)C(=O)[C@]2(O)O[C@H]1[C@@H](OC)C[C@H]2C. The first-order valence-corrected chi connectivity index (χ1v) is 24.5. The molecule has 0 aromatic rings. The zero-order chi connectivity index (χ0) is 46.6. The Kier molecular flexibility index (Phi) is 21.3. The molecule has 63 heavy (non-hydrogen) atoms. The Morgan fingerprint density at radius 2 is 1.60 bits per heavy atom. The second-order valence-electron chi connectivity index (χ2n) is 19.3. The molecule has 1 saturated carbocycles. The van der Waals surface area contributed by atoms with Gasteiger partial charge in [-0.2, -0.15) is 11.8 Å². The van der Waals surface area contributed by atoms with Crippen molar-refractivity contribution < 1.29 is 58.2 Å². The number of nitrogens with zero attached hydrogens (tertiary/aromatic N) is 2. The van der Waals surface area contributed by atoms with Crippen molar-refractivity contribution in [1.82, 2.24) is 9.80 Å². The lowest BCUT2D eigenvalue weighted by molar-refractivity contribution is -0.302. The number of aliphatic hydroxyl groups is 3. The molecule has 4 aliphatic rings. The van der Waals surface area contributed by atoms with Crippen LogP contribution < -0.4 is 0 Å². The summed E-state index contributed by atoms with van der Waals surface area (Å²) in [5, 5.41) is 34.6. The lowest BCUT2D eigenvalue weighted by Gasteiger charge is -2.47. The van der Waals surface area contributed by atoms with Crippen LogP contribution in [0.15, 0.2) is 23.3 Å². The van der Waals surface area contributed by atoms with E-state index in [-0.39, 0.29) is 49.5 Å². The van der Waals surface area contributed by atoms with Crippen LogP contribution in [0.25, 0.3) is 0 Å². The van der Waals surface area contributed by atoms with E-state index in [2.05, 4.69) is 11.8 Å². The van der Waals surface area contributed by atoms with Gasteiger partial charge in [0.25, 0.3) is 11.7 Å². The lowest BCUT2D eigenvalue weighted by Crippen LogP contribution is -2.64. The topological polar surface area (TPSA) is 182 Å². The number of esters is 1. The molecule has 0 radical (unpaired) electrons. The summed E-state index contributed by atoms with van der Waals surface area (Å²) in [4.78, 5) is 60.8. The first-order valence-electron chi connectivity index (χ1n) is 23.4. The van der Waals surface area contributed by atoms with Gasteiger partial charge in [0.1, 0.15) is 24.0 Å². The number of fused-ring (bicyclic) bond motifs is 3. The molecule has 0 unspecified atom stereocenters. The maximum Gasteiger partial charge on any atom is 0.329 e. The van der Waals surface area contributed by atoms with E-state index in [0.29, 0.717) is 56.9 Å². The molecular weight excluding hydrogens is 829 g/mol. The number of allylic oxidation sites excluding steroid dienone is 3. The number of hydrogen-bond acceptors (Lipinski definition) is 14. The van der Waals surface area contributed by atoms with Crippen LogP contribution >= 0.6 is 11.8 Å². The molecule has 4 rings (SSSR count). The van der Waals surface area contributed by atoms with Crippen molar-refractivity contribution in [2.24, 2.45) is 29.6 Å². The van der Waals surface area contributed by atoms with Crippen LogP contribution in [-0.4, -0.2) is 163 Å². The zero-order valence-corrected chi connectivity index (χ0v) is 40.6. The average Bonchev–Trinajstić information content (AvgIpc) is 3.25. The van der Waals surface area contributed by atoms with E-state index in [4.69, 9.17) is 23.7 Å². The number of aliphatic hydroxyl groups excluding tert-OH is 2. The summed E-state index contributed by atoms with van der Waals surface area (Å²) < 4.78 is 30.1. The number of cyclic esters (lactones) is 1. The van der Waals surface area contributed by atoms with Crippen LogP contribution in [0, 0.1) is 29.6 Å². The van der Waals surface area contributed by atoms with E-state index < -0.39 is 83.9 Å². The van der Waals surface area contributed by atoms with Gasteiger partial charge in [0, 0.05) is 64.3 Å². The number of hydrogen-bond donors (Lipinski definition) is 3. The van der Waals surface area contributed by atoms with Gasteiger partial charge in [0.05, 0.1) is 30.5 Å². The number of rotatable bonds is 12. The molecule has 15 heteroatoms. The van der Waals surface area contributed by atoms with Gasteiger partial charge in [0.2, 0.25) is 5.79 Å². The molecule has 3 aliphatic heterocycles. The second-order valence-corrected chi connectivity index (χ2v) is 20.5. The number of amides is 1. The highest BCUT2D eigenvalue weighted by Gasteiger charge is 2.56. The summed E-state index contributed by atoms with van der Waals surface area (Å²) in [6, 6.07) is -1.14. The number of methoxy groups -OCH3 is 3. The van der Waals surface area contributed by atoms with Gasteiger partial charge in [-0.1, -0.05) is 38.5 Å². The molecular formula is C48H80N2O12S. The molecule has 0 aromatic carbocycles. The van der Waals surface area contributed by atoms with E-state index in [1.807, 2.05) is 51.9 Å². The molecule has 1 amide bonds. The average molecular weight is 909 g/mol. The Labute approximate surface area is 381 Å². The molecule has 14 nitrogen and oxygen atoms in total. The molecule has 360 valence electrons. The van der Waals surface area contributed by atoms with Crippen molar-refractivity contribution in [3.05, 3.63) is 23.3 Å². The zero-order valence-electron chi connectivity index (χ0n) is 39.8. The highest BCUT2D eigenvalue weighted by molar-refractivity contribution is 7.99. The maximum atomic E-state index is 14.5. The fraction of sp³-hybridized carbons (Fsp3) is 0.833. The Bertz CT molecular complexity index is 1570. The van der Waals surface area contributed by atoms with Crippen molar-refractivity contribution in [2.75, 3.05) is 60.0 Å². The summed E-state index contributed by atoms with van der Waals surface area (Å²) in [7, 11) is 8.76. The third-order valence-electron chi connectivity index (χ3n) is 13.9. The Morgan fingerprint density at radius 3 is 2.27 bits per heavy atom. The first kappa shape index (κ1) is 53.4.